The van der Waals surface area contributed by atoms with E-state index in [1.54, 1.807) is 0 Å². The maximum Gasteiger partial charge on any atom is 0.319 e. The number of rotatable bonds is 4. The Balaban J connectivity index is 1.56. The van der Waals surface area contributed by atoms with Gasteiger partial charge in [-0.15, -0.1) is 0 Å². The minimum Gasteiger partial charge on any atom is -0.394 e. The van der Waals surface area contributed by atoms with E-state index in [0.717, 1.165) is 44.5 Å². The molecule has 2 aliphatic rings. The van der Waals surface area contributed by atoms with Crippen molar-refractivity contribution >= 4 is 17.4 Å². The summed E-state index contributed by atoms with van der Waals surface area (Å²) in [5.74, 6) is 0. The number of nitrogens with one attached hydrogen (secondary N) is 2. The van der Waals surface area contributed by atoms with Gasteiger partial charge in [-0.2, -0.15) is 0 Å². The average Bonchev–Trinajstić information content (AvgIpc) is 3.05. The molecule has 23 heavy (non-hydrogen) atoms. The first-order valence-electron chi connectivity index (χ1n) is 8.76. The van der Waals surface area contributed by atoms with Crippen molar-refractivity contribution < 1.29 is 9.90 Å². The van der Waals surface area contributed by atoms with Crippen molar-refractivity contribution in [1.29, 1.82) is 0 Å². The smallest absolute Gasteiger partial charge is 0.319 e. The maximum atomic E-state index is 12.2. The third-order valence-corrected chi connectivity index (χ3v) is 5.09. The van der Waals surface area contributed by atoms with Crippen LogP contribution in [0.4, 0.5) is 16.2 Å². The highest BCUT2D eigenvalue weighted by molar-refractivity contribution is 5.90. The summed E-state index contributed by atoms with van der Waals surface area (Å²) in [7, 11) is 0. The minimum absolute atomic E-state index is 0.00825. The summed E-state index contributed by atoms with van der Waals surface area (Å²) >= 11 is 0. The van der Waals surface area contributed by atoms with E-state index >= 15 is 0 Å². The van der Waals surface area contributed by atoms with Gasteiger partial charge in [-0.1, -0.05) is 12.8 Å². The number of urea groups is 1. The Bertz CT molecular complexity index is 518. The van der Waals surface area contributed by atoms with E-state index in [0.29, 0.717) is 0 Å². The van der Waals surface area contributed by atoms with Crippen molar-refractivity contribution in [1.82, 2.24) is 5.32 Å². The number of aliphatic hydroxyl groups excluding tert-OH is 1. The number of aliphatic hydroxyl groups is 1. The van der Waals surface area contributed by atoms with Crippen molar-refractivity contribution in [2.45, 2.75) is 50.5 Å². The lowest BCUT2D eigenvalue weighted by molar-refractivity contribution is 0.167. The first-order chi connectivity index (χ1) is 11.2. The highest BCUT2D eigenvalue weighted by atomic mass is 16.3. The van der Waals surface area contributed by atoms with Gasteiger partial charge in [0.15, 0.2) is 0 Å². The van der Waals surface area contributed by atoms with Gasteiger partial charge >= 0.3 is 6.03 Å². The Morgan fingerprint density at radius 3 is 2.30 bits per heavy atom. The summed E-state index contributed by atoms with van der Waals surface area (Å²) < 4.78 is 0. The second-order valence-electron chi connectivity index (χ2n) is 6.82. The Morgan fingerprint density at radius 2 is 1.70 bits per heavy atom. The molecule has 0 aromatic heterocycles. The molecule has 2 fully saturated rings. The number of piperidine rings is 1. The summed E-state index contributed by atoms with van der Waals surface area (Å²) in [4.78, 5) is 14.6. The zero-order chi connectivity index (χ0) is 16.1. The van der Waals surface area contributed by atoms with Gasteiger partial charge in [-0.05, 0) is 56.4 Å². The predicted octanol–water partition coefficient (Wildman–Crippen LogP) is 3.10. The summed E-state index contributed by atoms with van der Waals surface area (Å²) in [6.07, 6.45) is 7.66. The molecule has 1 aromatic carbocycles. The zero-order valence-corrected chi connectivity index (χ0v) is 13.7. The lowest BCUT2D eigenvalue weighted by Crippen LogP contribution is -2.50. The SMILES string of the molecule is O=C(Nc1ccc(N2CCCCC2)cc1)NC1(CO)CCCC1. The van der Waals surface area contributed by atoms with Gasteiger partial charge in [-0.25, -0.2) is 4.79 Å². The topological polar surface area (TPSA) is 64.6 Å². The monoisotopic (exact) mass is 317 g/mol. The molecule has 5 heteroatoms. The average molecular weight is 317 g/mol. The number of nitrogens with zero attached hydrogens (tertiary/aromatic N) is 1. The second kappa shape index (κ2) is 7.21. The molecular formula is C18H27N3O2. The molecule has 1 heterocycles. The van der Waals surface area contributed by atoms with Crippen LogP contribution in [0.25, 0.3) is 0 Å². The summed E-state index contributed by atoms with van der Waals surface area (Å²) in [5.41, 5.74) is 1.57. The van der Waals surface area contributed by atoms with Gasteiger partial charge < -0.3 is 20.6 Å². The minimum atomic E-state index is -0.433. The van der Waals surface area contributed by atoms with Crippen molar-refractivity contribution in [2.75, 3.05) is 29.9 Å². The van der Waals surface area contributed by atoms with Crippen LogP contribution in [-0.2, 0) is 0 Å². The van der Waals surface area contributed by atoms with Gasteiger partial charge in [0.1, 0.15) is 0 Å². The quantitative estimate of drug-likeness (QED) is 0.799. The van der Waals surface area contributed by atoms with Crippen LogP contribution in [0.15, 0.2) is 24.3 Å². The molecule has 1 saturated heterocycles. The van der Waals surface area contributed by atoms with Crippen LogP contribution in [0.1, 0.15) is 44.9 Å². The van der Waals surface area contributed by atoms with Gasteiger partial charge in [0.2, 0.25) is 0 Å². The van der Waals surface area contributed by atoms with Gasteiger partial charge in [0, 0.05) is 24.5 Å². The number of hydrogen-bond donors (Lipinski definition) is 3. The first-order valence-corrected chi connectivity index (χ1v) is 8.76. The lowest BCUT2D eigenvalue weighted by Gasteiger charge is -2.29. The van der Waals surface area contributed by atoms with Crippen molar-refractivity contribution in [3.8, 4) is 0 Å². The standard InChI is InChI=1S/C18H27N3O2/c22-14-18(10-2-3-11-18)20-17(23)19-15-6-8-16(9-7-15)21-12-4-1-5-13-21/h6-9,22H,1-5,10-14H2,(H2,19,20,23). The van der Waals surface area contributed by atoms with Crippen LogP contribution < -0.4 is 15.5 Å². The van der Waals surface area contributed by atoms with Crippen LogP contribution in [0.5, 0.6) is 0 Å². The molecule has 3 rings (SSSR count). The van der Waals surface area contributed by atoms with E-state index in [9.17, 15) is 9.90 Å². The molecule has 0 unspecified atom stereocenters. The molecule has 3 N–H and O–H groups in total. The highest BCUT2D eigenvalue weighted by Crippen LogP contribution is 2.29. The van der Waals surface area contributed by atoms with E-state index in [1.807, 2.05) is 12.1 Å². The van der Waals surface area contributed by atoms with Crippen molar-refractivity contribution in [2.24, 2.45) is 0 Å². The van der Waals surface area contributed by atoms with E-state index in [1.165, 1.54) is 24.9 Å². The molecule has 126 valence electrons. The molecule has 5 nitrogen and oxygen atoms in total. The molecule has 1 saturated carbocycles. The largest absolute Gasteiger partial charge is 0.394 e. The molecule has 0 bridgehead atoms. The summed E-state index contributed by atoms with van der Waals surface area (Å²) in [6.45, 7) is 2.24. The van der Waals surface area contributed by atoms with Gasteiger partial charge in [-0.3, -0.25) is 0 Å². The molecule has 0 radical (unpaired) electrons. The lowest BCUT2D eigenvalue weighted by atomic mass is 9.99. The number of anilines is 2. The Hall–Kier alpha value is -1.75. The highest BCUT2D eigenvalue weighted by Gasteiger charge is 2.34. The predicted molar refractivity (Wildman–Crippen MR) is 92.9 cm³/mol. The van der Waals surface area contributed by atoms with Crippen LogP contribution in [0.3, 0.4) is 0 Å². The third-order valence-electron chi connectivity index (χ3n) is 5.09. The molecule has 2 amide bonds. The number of carbonyl (C=O) groups is 1. The van der Waals surface area contributed by atoms with Crippen molar-refractivity contribution in [3.63, 3.8) is 0 Å². The maximum absolute atomic E-state index is 12.2. The zero-order valence-electron chi connectivity index (χ0n) is 13.7. The fraction of sp³-hybridized carbons (Fsp3) is 0.611. The van der Waals surface area contributed by atoms with Crippen LogP contribution in [0.2, 0.25) is 0 Å². The summed E-state index contributed by atoms with van der Waals surface area (Å²) in [6, 6.07) is 7.80. The van der Waals surface area contributed by atoms with Crippen LogP contribution >= 0.6 is 0 Å². The van der Waals surface area contributed by atoms with Gasteiger partial charge in [0.05, 0.1) is 12.1 Å². The summed E-state index contributed by atoms with van der Waals surface area (Å²) in [5, 5.41) is 15.4. The van der Waals surface area contributed by atoms with E-state index in [2.05, 4.69) is 27.7 Å². The number of amides is 2. The number of hydrogen-bond acceptors (Lipinski definition) is 3. The Kier molecular flexibility index (Phi) is 5.06. The molecule has 1 aliphatic carbocycles. The molecule has 1 aromatic rings. The number of benzene rings is 1. The van der Waals surface area contributed by atoms with E-state index in [4.69, 9.17) is 0 Å². The fourth-order valence-electron chi connectivity index (χ4n) is 3.69. The van der Waals surface area contributed by atoms with E-state index < -0.39 is 5.54 Å². The van der Waals surface area contributed by atoms with E-state index in [-0.39, 0.29) is 12.6 Å². The van der Waals surface area contributed by atoms with Crippen molar-refractivity contribution in [3.05, 3.63) is 24.3 Å². The van der Waals surface area contributed by atoms with Crippen LogP contribution in [-0.4, -0.2) is 36.4 Å². The Morgan fingerprint density at radius 1 is 1.04 bits per heavy atom. The fourth-order valence-corrected chi connectivity index (χ4v) is 3.69. The molecule has 0 spiro atoms. The third kappa shape index (κ3) is 3.96. The second-order valence-corrected chi connectivity index (χ2v) is 6.82. The molecule has 0 atom stereocenters. The normalized spacial score (nSPS) is 20.3. The van der Waals surface area contributed by atoms with Crippen LogP contribution in [0, 0.1) is 0 Å². The number of carbonyl (C=O) groups excluding carboxylic acids is 1. The molecular weight excluding hydrogens is 290 g/mol. The Labute approximate surface area is 138 Å². The molecule has 1 aliphatic heterocycles. The van der Waals surface area contributed by atoms with Gasteiger partial charge in [0.25, 0.3) is 0 Å². The first kappa shape index (κ1) is 16.1.